The number of amides is 1. The van der Waals surface area contributed by atoms with Crippen molar-refractivity contribution in [1.82, 2.24) is 5.32 Å². The average molecular weight is 408 g/mol. The van der Waals surface area contributed by atoms with Crippen LogP contribution in [-0.2, 0) is 14.3 Å². The summed E-state index contributed by atoms with van der Waals surface area (Å²) in [5, 5.41) is 13.7. The van der Waals surface area contributed by atoms with E-state index in [-0.39, 0.29) is 23.7 Å². The highest BCUT2D eigenvalue weighted by Gasteiger charge is 2.49. The summed E-state index contributed by atoms with van der Waals surface area (Å²) in [6.07, 6.45) is 14.2. The Kier molecular flexibility index (Phi) is 7.37. The summed E-state index contributed by atoms with van der Waals surface area (Å²) in [6, 6.07) is -0.498. The number of hydrogen-bond acceptors (Lipinski definition) is 6. The molecule has 3 aliphatic heterocycles. The van der Waals surface area contributed by atoms with Gasteiger partial charge in [-0.05, 0) is 39.0 Å². The molecule has 3 heterocycles. The van der Waals surface area contributed by atoms with Gasteiger partial charge < -0.3 is 19.9 Å². The molecular formula is C21H29NO5S. The van der Waals surface area contributed by atoms with Crippen molar-refractivity contribution in [3.8, 4) is 0 Å². The molecule has 0 aromatic heterocycles. The van der Waals surface area contributed by atoms with Crippen molar-refractivity contribution in [2.75, 3.05) is 5.75 Å². The van der Waals surface area contributed by atoms with Crippen molar-refractivity contribution in [2.45, 2.75) is 75.9 Å². The normalized spacial score (nSPS) is 39.4. The molecule has 2 bridgehead atoms. The van der Waals surface area contributed by atoms with E-state index < -0.39 is 17.9 Å². The molecule has 2 unspecified atom stereocenters. The van der Waals surface area contributed by atoms with Crippen LogP contribution in [0.1, 0.15) is 51.9 Å². The molecule has 0 spiro atoms. The molecule has 28 heavy (non-hydrogen) atoms. The van der Waals surface area contributed by atoms with Crippen LogP contribution in [0, 0.1) is 0 Å². The molecule has 1 amide bonds. The molecule has 7 heteroatoms. The number of thioether (sulfide) groups is 1. The van der Waals surface area contributed by atoms with Crippen molar-refractivity contribution in [3.63, 3.8) is 0 Å². The van der Waals surface area contributed by atoms with Crippen LogP contribution in [0.25, 0.3) is 0 Å². The lowest BCUT2D eigenvalue weighted by Gasteiger charge is -2.43. The number of aliphatic hydroxyl groups is 1. The lowest BCUT2D eigenvalue weighted by Crippen LogP contribution is -2.58. The first-order valence-electron chi connectivity index (χ1n) is 9.97. The number of rotatable bonds is 1. The van der Waals surface area contributed by atoms with E-state index in [4.69, 9.17) is 9.47 Å². The Morgan fingerprint density at radius 3 is 2.75 bits per heavy atom. The van der Waals surface area contributed by atoms with Gasteiger partial charge in [0.15, 0.2) is 5.79 Å². The molecule has 0 aromatic carbocycles. The maximum Gasteiger partial charge on any atom is 0.330 e. The van der Waals surface area contributed by atoms with Crippen LogP contribution in [0.4, 0.5) is 4.79 Å². The Morgan fingerprint density at radius 1 is 1.21 bits per heavy atom. The highest BCUT2D eigenvalue weighted by Crippen LogP contribution is 2.36. The van der Waals surface area contributed by atoms with Gasteiger partial charge in [0.25, 0.3) is 5.24 Å². The van der Waals surface area contributed by atoms with E-state index in [0.29, 0.717) is 12.2 Å². The number of nitrogens with one attached hydrogen (secondary N) is 1. The maximum atomic E-state index is 12.3. The van der Waals surface area contributed by atoms with Crippen LogP contribution in [0.3, 0.4) is 0 Å². The topological polar surface area (TPSA) is 84.9 Å². The molecule has 3 rings (SSSR count). The summed E-state index contributed by atoms with van der Waals surface area (Å²) in [5.41, 5.74) is 0.962. The van der Waals surface area contributed by atoms with Gasteiger partial charge in [-0.3, -0.25) is 4.79 Å². The fourth-order valence-corrected chi connectivity index (χ4v) is 4.69. The lowest BCUT2D eigenvalue weighted by atomic mass is 9.91. The van der Waals surface area contributed by atoms with Crippen molar-refractivity contribution in [2.24, 2.45) is 0 Å². The van der Waals surface area contributed by atoms with E-state index >= 15 is 0 Å². The average Bonchev–Trinajstić information content (AvgIpc) is 3.06. The summed E-state index contributed by atoms with van der Waals surface area (Å²) < 4.78 is 11.7. The van der Waals surface area contributed by atoms with E-state index in [1.54, 1.807) is 0 Å². The van der Waals surface area contributed by atoms with Gasteiger partial charge in [0, 0.05) is 24.7 Å². The van der Waals surface area contributed by atoms with Gasteiger partial charge in [-0.25, -0.2) is 4.79 Å². The minimum Gasteiger partial charge on any atom is -0.459 e. The molecule has 0 radical (unpaired) electrons. The van der Waals surface area contributed by atoms with Crippen LogP contribution in [-0.4, -0.2) is 46.1 Å². The van der Waals surface area contributed by atoms with Crippen LogP contribution in [0.2, 0.25) is 0 Å². The largest absolute Gasteiger partial charge is 0.459 e. The van der Waals surface area contributed by atoms with Crippen LogP contribution in [0.15, 0.2) is 36.0 Å². The van der Waals surface area contributed by atoms with Crippen LogP contribution < -0.4 is 5.32 Å². The monoisotopic (exact) mass is 407 g/mol. The predicted molar refractivity (Wildman–Crippen MR) is 109 cm³/mol. The van der Waals surface area contributed by atoms with Crippen LogP contribution in [0.5, 0.6) is 0 Å². The number of esters is 1. The number of allylic oxidation sites excluding steroid dienone is 5. The van der Waals surface area contributed by atoms with Gasteiger partial charge in [-0.15, -0.1) is 0 Å². The van der Waals surface area contributed by atoms with Gasteiger partial charge in [0.1, 0.15) is 6.10 Å². The summed E-state index contributed by atoms with van der Waals surface area (Å²) in [6.45, 7) is 1.92. The van der Waals surface area contributed by atoms with E-state index in [0.717, 1.165) is 49.4 Å². The van der Waals surface area contributed by atoms with Gasteiger partial charge in [0.2, 0.25) is 0 Å². The molecule has 3 aliphatic rings. The van der Waals surface area contributed by atoms with Crippen molar-refractivity contribution >= 4 is 23.0 Å². The molecule has 4 atom stereocenters. The Bertz CT molecular complexity index is 674. The smallest absolute Gasteiger partial charge is 0.330 e. The third kappa shape index (κ3) is 5.96. The van der Waals surface area contributed by atoms with E-state index in [1.807, 2.05) is 19.1 Å². The lowest BCUT2D eigenvalue weighted by molar-refractivity contribution is -0.283. The molecule has 0 saturated carbocycles. The number of fused-ring (bicyclic) bond motifs is 2. The first-order chi connectivity index (χ1) is 13.4. The molecule has 6 nitrogen and oxygen atoms in total. The standard InChI is InChI=1S/C21H29NO5S/c1-15-9-7-5-3-2-4-6-8-10-16-12-17(26-19(23)11-15)13-21(25,27-16)18-14-28-20(24)22-18/h2-5,11,16-18,25H,6-10,12-14H2,1H3,(H,22,24)/b4-2-,5-3+,15-11-/t16?,17-,18?,21-/m1/s1. The predicted octanol–water partition coefficient (Wildman–Crippen LogP) is 3.61. The summed E-state index contributed by atoms with van der Waals surface area (Å²) in [5.74, 6) is -1.46. The van der Waals surface area contributed by atoms with Gasteiger partial charge in [-0.1, -0.05) is 41.6 Å². The number of carbonyl (C=O) groups excluding carboxylic acids is 2. The zero-order valence-electron chi connectivity index (χ0n) is 16.3. The molecule has 2 N–H and O–H groups in total. The number of ether oxygens (including phenoxy) is 2. The Hall–Kier alpha value is -1.57. The van der Waals surface area contributed by atoms with Crippen molar-refractivity contribution in [3.05, 3.63) is 36.0 Å². The first kappa shape index (κ1) is 21.1. The molecule has 154 valence electrons. The quantitative estimate of drug-likeness (QED) is 0.646. The summed E-state index contributed by atoms with van der Waals surface area (Å²) >= 11 is 1.14. The Labute approximate surface area is 170 Å². The van der Waals surface area contributed by atoms with E-state index in [1.165, 1.54) is 6.08 Å². The first-order valence-corrected chi connectivity index (χ1v) is 11.0. The molecule has 0 aromatic rings. The summed E-state index contributed by atoms with van der Waals surface area (Å²) in [4.78, 5) is 23.9. The molecule has 2 saturated heterocycles. The van der Waals surface area contributed by atoms with Crippen LogP contribution >= 0.6 is 11.8 Å². The number of carbonyl (C=O) groups is 2. The Morgan fingerprint density at radius 2 is 2.00 bits per heavy atom. The van der Waals surface area contributed by atoms with E-state index in [2.05, 4.69) is 17.5 Å². The number of hydrogen-bond donors (Lipinski definition) is 2. The highest BCUT2D eigenvalue weighted by atomic mass is 32.2. The van der Waals surface area contributed by atoms with Crippen molar-refractivity contribution in [1.29, 1.82) is 0 Å². The zero-order valence-corrected chi connectivity index (χ0v) is 17.1. The minimum absolute atomic E-state index is 0.163. The SMILES string of the molecule is C/C1=C/C(=O)O[C@@H]2CC(CCC/C=C\C=C\CC1)O[C@@](O)(C1CSC(=O)N1)C2. The van der Waals surface area contributed by atoms with Gasteiger partial charge in [0.05, 0.1) is 12.1 Å². The fraction of sp³-hybridized carbons (Fsp3) is 0.619. The fourth-order valence-electron chi connectivity index (χ4n) is 3.80. The third-order valence-electron chi connectivity index (χ3n) is 5.27. The zero-order chi connectivity index (χ0) is 20.0. The second-order valence-electron chi connectivity index (χ2n) is 7.70. The summed E-state index contributed by atoms with van der Waals surface area (Å²) in [7, 11) is 0. The minimum atomic E-state index is -1.52. The molecular weight excluding hydrogens is 378 g/mol. The van der Waals surface area contributed by atoms with Gasteiger partial charge in [-0.2, -0.15) is 0 Å². The molecule has 2 fully saturated rings. The second kappa shape index (κ2) is 9.76. The second-order valence-corrected chi connectivity index (χ2v) is 8.69. The Balaban J connectivity index is 1.75. The van der Waals surface area contributed by atoms with Gasteiger partial charge >= 0.3 is 5.97 Å². The highest BCUT2D eigenvalue weighted by molar-refractivity contribution is 8.14. The molecule has 0 aliphatic carbocycles. The van der Waals surface area contributed by atoms with E-state index in [9.17, 15) is 14.7 Å². The maximum absolute atomic E-state index is 12.3. The third-order valence-corrected chi connectivity index (χ3v) is 6.15. The van der Waals surface area contributed by atoms with Crippen molar-refractivity contribution < 1.29 is 24.2 Å².